The molecule has 1 amide bonds. The maximum Gasteiger partial charge on any atom is 0.222 e. The predicted octanol–water partition coefficient (Wildman–Crippen LogP) is 3.34. The molecule has 1 saturated carbocycles. The highest BCUT2D eigenvalue weighted by molar-refractivity contribution is 5.76. The summed E-state index contributed by atoms with van der Waals surface area (Å²) in [6, 6.07) is 0.305. The van der Waals surface area contributed by atoms with Gasteiger partial charge < -0.3 is 15.4 Å². The van der Waals surface area contributed by atoms with Gasteiger partial charge in [0.15, 0.2) is 0 Å². The maximum atomic E-state index is 12.6. The summed E-state index contributed by atoms with van der Waals surface area (Å²) in [7, 11) is 0. The molecule has 2 heterocycles. The Morgan fingerprint density at radius 1 is 1.12 bits per heavy atom. The van der Waals surface area contributed by atoms with Crippen LogP contribution in [0.25, 0.3) is 0 Å². The van der Waals surface area contributed by atoms with Crippen LogP contribution in [0.3, 0.4) is 0 Å². The minimum absolute atomic E-state index is 0.305. The minimum atomic E-state index is 0.305. The Morgan fingerprint density at radius 2 is 1.79 bits per heavy atom. The van der Waals surface area contributed by atoms with Crippen LogP contribution >= 0.6 is 0 Å². The fourth-order valence-electron chi connectivity index (χ4n) is 4.74. The van der Waals surface area contributed by atoms with E-state index in [4.69, 9.17) is 10.5 Å². The van der Waals surface area contributed by atoms with Crippen LogP contribution in [-0.4, -0.2) is 42.6 Å². The Labute approximate surface area is 147 Å². The number of hydrogen-bond acceptors (Lipinski definition) is 3. The molecule has 24 heavy (non-hydrogen) atoms. The van der Waals surface area contributed by atoms with Gasteiger partial charge >= 0.3 is 0 Å². The van der Waals surface area contributed by atoms with Crippen molar-refractivity contribution in [3.63, 3.8) is 0 Å². The molecule has 2 saturated heterocycles. The van der Waals surface area contributed by atoms with E-state index in [-0.39, 0.29) is 0 Å². The summed E-state index contributed by atoms with van der Waals surface area (Å²) in [5.41, 5.74) is 6.57. The summed E-state index contributed by atoms with van der Waals surface area (Å²) in [5, 5.41) is 0. The topological polar surface area (TPSA) is 55.6 Å². The van der Waals surface area contributed by atoms with Gasteiger partial charge in [-0.1, -0.05) is 13.8 Å². The molecule has 0 aromatic rings. The van der Waals surface area contributed by atoms with E-state index in [1.807, 2.05) is 0 Å². The molecule has 2 aliphatic heterocycles. The van der Waals surface area contributed by atoms with Crippen molar-refractivity contribution >= 4 is 5.91 Å². The number of likely N-dealkylation sites (tertiary alicyclic amines) is 1. The van der Waals surface area contributed by atoms with Gasteiger partial charge in [-0.3, -0.25) is 4.79 Å². The third-order valence-corrected chi connectivity index (χ3v) is 6.70. The lowest BCUT2D eigenvalue weighted by Crippen LogP contribution is -2.45. The Hall–Kier alpha value is -0.610. The third kappa shape index (κ3) is 4.72. The zero-order valence-electron chi connectivity index (χ0n) is 15.6. The van der Waals surface area contributed by atoms with E-state index in [1.165, 1.54) is 25.7 Å². The van der Waals surface area contributed by atoms with E-state index in [1.54, 1.807) is 0 Å². The largest absolute Gasteiger partial charge is 0.378 e. The van der Waals surface area contributed by atoms with Crippen LogP contribution in [0.1, 0.15) is 71.6 Å². The first-order valence-corrected chi connectivity index (χ1v) is 10.1. The van der Waals surface area contributed by atoms with Crippen molar-refractivity contribution in [2.75, 3.05) is 19.7 Å². The molecule has 3 rings (SSSR count). The molecule has 2 atom stereocenters. The van der Waals surface area contributed by atoms with Crippen LogP contribution in [0, 0.1) is 17.3 Å². The first kappa shape index (κ1) is 18.2. The molecule has 3 fully saturated rings. The minimum Gasteiger partial charge on any atom is -0.378 e. The molecule has 0 radical (unpaired) electrons. The lowest BCUT2D eigenvalue weighted by molar-refractivity contribution is -0.135. The molecule has 2 N–H and O–H groups in total. The van der Waals surface area contributed by atoms with Crippen LogP contribution < -0.4 is 5.73 Å². The SMILES string of the molecule is CC1(C)CCC(CC(=O)N2CCC(C3CC(N)CCO3)CC2)CC1. The molecular weight excluding hydrogens is 300 g/mol. The van der Waals surface area contributed by atoms with Gasteiger partial charge in [0.2, 0.25) is 5.91 Å². The van der Waals surface area contributed by atoms with E-state index in [0.29, 0.717) is 35.3 Å². The van der Waals surface area contributed by atoms with Gasteiger partial charge in [-0.05, 0) is 68.6 Å². The van der Waals surface area contributed by atoms with Crippen LogP contribution in [0.15, 0.2) is 0 Å². The fraction of sp³-hybridized carbons (Fsp3) is 0.950. The Kier molecular flexibility index (Phi) is 5.86. The normalized spacial score (nSPS) is 32.7. The number of amides is 1. The average molecular weight is 337 g/mol. The molecular formula is C20H36N2O2. The number of carbonyl (C=O) groups excluding carboxylic acids is 1. The molecule has 138 valence electrons. The predicted molar refractivity (Wildman–Crippen MR) is 96.6 cm³/mol. The van der Waals surface area contributed by atoms with E-state index < -0.39 is 0 Å². The molecule has 0 bridgehead atoms. The maximum absolute atomic E-state index is 12.6. The number of hydrogen-bond donors (Lipinski definition) is 1. The molecule has 0 aromatic carbocycles. The first-order chi connectivity index (χ1) is 11.4. The van der Waals surface area contributed by atoms with E-state index in [0.717, 1.165) is 51.8 Å². The van der Waals surface area contributed by atoms with Gasteiger partial charge in [-0.2, -0.15) is 0 Å². The number of piperidine rings is 1. The van der Waals surface area contributed by atoms with Gasteiger partial charge in [0, 0.05) is 32.2 Å². The monoisotopic (exact) mass is 336 g/mol. The molecule has 0 aromatic heterocycles. The molecule has 4 heteroatoms. The van der Waals surface area contributed by atoms with Crippen LogP contribution in [0.4, 0.5) is 0 Å². The fourth-order valence-corrected chi connectivity index (χ4v) is 4.74. The van der Waals surface area contributed by atoms with Crippen molar-refractivity contribution in [2.24, 2.45) is 23.0 Å². The van der Waals surface area contributed by atoms with E-state index >= 15 is 0 Å². The van der Waals surface area contributed by atoms with Crippen LogP contribution in [0.5, 0.6) is 0 Å². The number of nitrogens with zero attached hydrogens (tertiary/aromatic N) is 1. The summed E-state index contributed by atoms with van der Waals surface area (Å²) in [4.78, 5) is 14.7. The summed E-state index contributed by atoms with van der Waals surface area (Å²) >= 11 is 0. The standard InChI is InChI=1S/C20H36N2O2/c1-20(2)8-3-15(4-9-20)13-19(23)22-10-5-16(6-11-22)18-14-17(21)7-12-24-18/h15-18H,3-14,21H2,1-2H3. The highest BCUT2D eigenvalue weighted by Crippen LogP contribution is 2.39. The smallest absolute Gasteiger partial charge is 0.222 e. The van der Waals surface area contributed by atoms with Crippen molar-refractivity contribution in [1.82, 2.24) is 4.90 Å². The zero-order valence-corrected chi connectivity index (χ0v) is 15.6. The Morgan fingerprint density at radius 3 is 2.42 bits per heavy atom. The Bertz CT molecular complexity index is 419. The van der Waals surface area contributed by atoms with Crippen molar-refractivity contribution in [3.05, 3.63) is 0 Å². The van der Waals surface area contributed by atoms with E-state index in [9.17, 15) is 4.79 Å². The van der Waals surface area contributed by atoms with Crippen molar-refractivity contribution < 1.29 is 9.53 Å². The highest BCUT2D eigenvalue weighted by Gasteiger charge is 2.33. The van der Waals surface area contributed by atoms with E-state index in [2.05, 4.69) is 18.7 Å². The second-order valence-electron chi connectivity index (χ2n) is 9.22. The second-order valence-corrected chi connectivity index (χ2v) is 9.22. The molecule has 4 nitrogen and oxygen atoms in total. The van der Waals surface area contributed by atoms with Crippen molar-refractivity contribution in [2.45, 2.75) is 83.8 Å². The first-order valence-electron chi connectivity index (χ1n) is 10.1. The number of ether oxygens (including phenoxy) is 1. The van der Waals surface area contributed by atoms with Crippen molar-refractivity contribution in [1.29, 1.82) is 0 Å². The average Bonchev–Trinajstić information content (AvgIpc) is 2.57. The summed E-state index contributed by atoms with van der Waals surface area (Å²) in [6.45, 7) is 7.35. The number of nitrogens with two attached hydrogens (primary N) is 1. The summed E-state index contributed by atoms with van der Waals surface area (Å²) in [6.07, 6.45) is 10.2. The second kappa shape index (κ2) is 7.74. The number of rotatable bonds is 3. The highest BCUT2D eigenvalue weighted by atomic mass is 16.5. The van der Waals surface area contributed by atoms with Crippen LogP contribution in [0.2, 0.25) is 0 Å². The summed E-state index contributed by atoms with van der Waals surface area (Å²) in [5.74, 6) is 1.60. The van der Waals surface area contributed by atoms with Crippen molar-refractivity contribution in [3.8, 4) is 0 Å². The van der Waals surface area contributed by atoms with Gasteiger partial charge in [0.1, 0.15) is 0 Å². The quantitative estimate of drug-likeness (QED) is 0.860. The van der Waals surface area contributed by atoms with Gasteiger partial charge in [-0.15, -0.1) is 0 Å². The molecule has 0 spiro atoms. The molecule has 2 unspecified atom stereocenters. The number of carbonyl (C=O) groups is 1. The lowest BCUT2D eigenvalue weighted by atomic mass is 9.72. The third-order valence-electron chi connectivity index (χ3n) is 6.70. The van der Waals surface area contributed by atoms with Crippen LogP contribution in [-0.2, 0) is 9.53 Å². The van der Waals surface area contributed by atoms with Gasteiger partial charge in [0.25, 0.3) is 0 Å². The summed E-state index contributed by atoms with van der Waals surface area (Å²) < 4.78 is 5.94. The lowest BCUT2D eigenvalue weighted by Gasteiger charge is -2.39. The van der Waals surface area contributed by atoms with Gasteiger partial charge in [0.05, 0.1) is 6.10 Å². The molecule has 1 aliphatic carbocycles. The molecule has 3 aliphatic rings. The van der Waals surface area contributed by atoms with Gasteiger partial charge in [-0.25, -0.2) is 0 Å². The zero-order chi connectivity index (χ0) is 17.2. The Balaban J connectivity index is 1.40.